The van der Waals surface area contributed by atoms with Gasteiger partial charge in [-0.05, 0) is 96.3 Å². The first-order chi connectivity index (χ1) is 13.6. The second-order valence-corrected chi connectivity index (χ2v) is 8.87. The fourth-order valence-corrected chi connectivity index (χ4v) is 4.36. The third-order valence-electron chi connectivity index (χ3n) is 5.54. The van der Waals surface area contributed by atoms with Gasteiger partial charge in [0.2, 0.25) is 5.95 Å². The van der Waals surface area contributed by atoms with Gasteiger partial charge in [0, 0.05) is 21.6 Å². The molecule has 1 heterocycles. The summed E-state index contributed by atoms with van der Waals surface area (Å²) in [5, 5.41) is 7.92. The van der Waals surface area contributed by atoms with Crippen LogP contribution >= 0.6 is 15.9 Å². The van der Waals surface area contributed by atoms with Crippen LogP contribution in [0.4, 0.5) is 21.8 Å². The predicted octanol–water partition coefficient (Wildman–Crippen LogP) is 6.18. The number of nitrogens with one attached hydrogen (secondary N) is 2. The summed E-state index contributed by atoms with van der Waals surface area (Å²) in [6.07, 6.45) is 5.20. The highest BCUT2D eigenvalue weighted by Crippen LogP contribution is 2.46. The monoisotopic (exact) mass is 440 g/mol. The Balaban J connectivity index is 1.55. The first kappa shape index (κ1) is 17.9. The molecule has 2 aliphatic carbocycles. The zero-order valence-corrected chi connectivity index (χ0v) is 17.3. The largest absolute Gasteiger partial charge is 0.366 e. The molecule has 0 amide bonds. The Morgan fingerprint density at radius 2 is 1.82 bits per heavy atom. The fourth-order valence-electron chi connectivity index (χ4n) is 3.91. The van der Waals surface area contributed by atoms with Crippen LogP contribution in [-0.4, -0.2) is 16.0 Å². The molecule has 2 saturated carbocycles. The lowest BCUT2D eigenvalue weighted by molar-refractivity contribution is 0.566. The lowest BCUT2D eigenvalue weighted by atomic mass is 10.1. The van der Waals surface area contributed by atoms with Crippen LogP contribution in [0.1, 0.15) is 31.2 Å². The van der Waals surface area contributed by atoms with Gasteiger partial charge in [-0.1, -0.05) is 6.07 Å². The maximum atomic E-state index is 13.8. The second kappa shape index (κ2) is 6.99. The molecule has 5 rings (SSSR count). The second-order valence-electron chi connectivity index (χ2n) is 8.02. The third-order valence-corrected chi connectivity index (χ3v) is 6.18. The van der Waals surface area contributed by atoms with Gasteiger partial charge in [-0.3, -0.25) is 0 Å². The Morgan fingerprint density at radius 3 is 2.50 bits per heavy atom. The van der Waals surface area contributed by atoms with Crippen molar-refractivity contribution >= 4 is 44.3 Å². The van der Waals surface area contributed by atoms with Crippen molar-refractivity contribution < 1.29 is 4.39 Å². The molecule has 2 aromatic carbocycles. The lowest BCUT2D eigenvalue weighted by Gasteiger charge is -2.20. The van der Waals surface area contributed by atoms with E-state index in [0.717, 1.165) is 38.6 Å². The molecule has 4 nitrogen and oxygen atoms in total. The van der Waals surface area contributed by atoms with E-state index < -0.39 is 0 Å². The lowest BCUT2D eigenvalue weighted by Crippen LogP contribution is -2.25. The van der Waals surface area contributed by atoms with E-state index in [0.29, 0.717) is 17.7 Å². The summed E-state index contributed by atoms with van der Waals surface area (Å²) in [4.78, 5) is 9.47. The van der Waals surface area contributed by atoms with E-state index >= 15 is 0 Å². The number of hydrogen-bond acceptors (Lipinski definition) is 4. The quantitative estimate of drug-likeness (QED) is 0.479. The van der Waals surface area contributed by atoms with Crippen LogP contribution in [0, 0.1) is 24.6 Å². The van der Waals surface area contributed by atoms with Crippen LogP contribution in [0.25, 0.3) is 10.9 Å². The molecule has 0 radical (unpaired) electrons. The molecule has 0 aliphatic heterocycles. The first-order valence-corrected chi connectivity index (χ1v) is 10.6. The molecular formula is C22H22BrFN4. The third kappa shape index (κ3) is 3.70. The Bertz CT molecular complexity index is 1010. The van der Waals surface area contributed by atoms with Gasteiger partial charge < -0.3 is 10.6 Å². The number of fused-ring (bicyclic) bond motifs is 1. The van der Waals surface area contributed by atoms with Crippen LogP contribution in [0.3, 0.4) is 0 Å². The van der Waals surface area contributed by atoms with E-state index in [-0.39, 0.29) is 5.82 Å². The number of anilines is 3. The van der Waals surface area contributed by atoms with Crippen molar-refractivity contribution in [1.82, 2.24) is 9.97 Å². The van der Waals surface area contributed by atoms with E-state index in [4.69, 9.17) is 4.98 Å². The molecule has 2 N–H and O–H groups in total. The summed E-state index contributed by atoms with van der Waals surface area (Å²) in [5.41, 5.74) is 2.35. The molecular weight excluding hydrogens is 419 g/mol. The minimum absolute atomic E-state index is 0.273. The number of benzene rings is 2. The number of aryl methyl sites for hydroxylation is 1. The molecule has 0 saturated heterocycles. The molecule has 0 atom stereocenters. The van der Waals surface area contributed by atoms with Gasteiger partial charge in [-0.25, -0.2) is 9.37 Å². The molecule has 144 valence electrons. The minimum Gasteiger partial charge on any atom is -0.366 e. The highest BCUT2D eigenvalue weighted by atomic mass is 79.9. The zero-order chi connectivity index (χ0) is 19.3. The first-order valence-electron chi connectivity index (χ1n) is 9.84. The van der Waals surface area contributed by atoms with Crippen LogP contribution in [-0.2, 0) is 0 Å². The highest BCUT2D eigenvalue weighted by molar-refractivity contribution is 9.10. The van der Waals surface area contributed by atoms with Gasteiger partial charge in [-0.15, -0.1) is 0 Å². The number of aromatic nitrogens is 2. The SMILES string of the molecule is Cc1cc(F)cc(Nc2nc(NC(C3CC3)C3CC3)c3cccc(Br)c3n2)c1. The Labute approximate surface area is 172 Å². The number of halogens is 2. The summed E-state index contributed by atoms with van der Waals surface area (Å²) in [5.74, 6) is 2.56. The van der Waals surface area contributed by atoms with Crippen molar-refractivity contribution in [2.24, 2.45) is 11.8 Å². The summed E-state index contributed by atoms with van der Waals surface area (Å²) in [7, 11) is 0. The van der Waals surface area contributed by atoms with E-state index in [1.807, 2.05) is 25.1 Å². The standard InChI is InChI=1S/C22H22BrFN4/c1-12-9-15(24)11-16(10-12)25-22-27-20-17(3-2-4-18(20)23)21(28-22)26-19(13-5-6-13)14-7-8-14/h2-4,9-11,13-14,19H,5-8H2,1H3,(H2,25,26,27,28). The Morgan fingerprint density at radius 1 is 1.07 bits per heavy atom. The van der Waals surface area contributed by atoms with Crippen molar-refractivity contribution in [3.8, 4) is 0 Å². The Kier molecular flexibility index (Phi) is 4.46. The molecule has 3 aromatic rings. The van der Waals surface area contributed by atoms with Gasteiger partial charge in [0.05, 0.1) is 5.52 Å². The minimum atomic E-state index is -0.273. The van der Waals surface area contributed by atoms with Gasteiger partial charge in [-0.2, -0.15) is 4.98 Å². The van der Waals surface area contributed by atoms with Gasteiger partial charge in [0.15, 0.2) is 0 Å². The van der Waals surface area contributed by atoms with E-state index in [9.17, 15) is 4.39 Å². The number of nitrogens with zero attached hydrogens (tertiary/aromatic N) is 2. The smallest absolute Gasteiger partial charge is 0.229 e. The normalized spacial score (nSPS) is 16.6. The van der Waals surface area contributed by atoms with E-state index in [1.165, 1.54) is 37.8 Å². The van der Waals surface area contributed by atoms with Gasteiger partial charge >= 0.3 is 0 Å². The summed E-state index contributed by atoms with van der Waals surface area (Å²) >= 11 is 3.62. The van der Waals surface area contributed by atoms with Crippen LogP contribution in [0.15, 0.2) is 40.9 Å². The average molecular weight is 441 g/mol. The number of rotatable bonds is 6. The average Bonchev–Trinajstić information content (AvgIpc) is 3.53. The maximum Gasteiger partial charge on any atom is 0.229 e. The fraction of sp³-hybridized carbons (Fsp3) is 0.364. The summed E-state index contributed by atoms with van der Waals surface area (Å²) in [6.45, 7) is 1.87. The topological polar surface area (TPSA) is 49.8 Å². The van der Waals surface area contributed by atoms with Gasteiger partial charge in [0.25, 0.3) is 0 Å². The molecule has 0 unspecified atom stereocenters. The molecule has 2 aliphatic rings. The zero-order valence-electron chi connectivity index (χ0n) is 15.7. The van der Waals surface area contributed by atoms with Crippen LogP contribution in [0.2, 0.25) is 0 Å². The Hall–Kier alpha value is -2.21. The van der Waals surface area contributed by atoms with Crippen molar-refractivity contribution in [2.75, 3.05) is 10.6 Å². The predicted molar refractivity (Wildman–Crippen MR) is 115 cm³/mol. The molecule has 2 fully saturated rings. The molecule has 28 heavy (non-hydrogen) atoms. The van der Waals surface area contributed by atoms with Crippen molar-refractivity contribution in [2.45, 2.75) is 38.6 Å². The number of hydrogen-bond donors (Lipinski definition) is 2. The van der Waals surface area contributed by atoms with Crippen LogP contribution < -0.4 is 10.6 Å². The van der Waals surface area contributed by atoms with E-state index in [2.05, 4.69) is 37.6 Å². The highest BCUT2D eigenvalue weighted by Gasteiger charge is 2.41. The number of para-hydroxylation sites is 1. The van der Waals surface area contributed by atoms with Crippen LogP contribution in [0.5, 0.6) is 0 Å². The molecule has 0 bridgehead atoms. The molecule has 0 spiro atoms. The molecule has 1 aromatic heterocycles. The van der Waals surface area contributed by atoms with Crippen molar-refractivity contribution in [3.05, 3.63) is 52.3 Å². The molecule has 6 heteroatoms. The summed E-state index contributed by atoms with van der Waals surface area (Å²) < 4.78 is 14.7. The van der Waals surface area contributed by atoms with E-state index in [1.54, 1.807) is 0 Å². The van der Waals surface area contributed by atoms with Crippen molar-refractivity contribution in [1.29, 1.82) is 0 Å². The maximum absolute atomic E-state index is 13.8. The summed E-state index contributed by atoms with van der Waals surface area (Å²) in [6, 6.07) is 11.4. The van der Waals surface area contributed by atoms with Gasteiger partial charge in [0.1, 0.15) is 11.6 Å². The van der Waals surface area contributed by atoms with Crippen molar-refractivity contribution in [3.63, 3.8) is 0 Å².